The van der Waals surface area contributed by atoms with Crippen molar-refractivity contribution in [1.29, 1.82) is 0 Å². The van der Waals surface area contributed by atoms with E-state index in [-0.39, 0.29) is 0 Å². The van der Waals surface area contributed by atoms with E-state index in [2.05, 4.69) is 61.3 Å². The lowest BCUT2D eigenvalue weighted by molar-refractivity contribution is 0.243. The Morgan fingerprint density at radius 3 is 2.67 bits per heavy atom. The predicted molar refractivity (Wildman–Crippen MR) is 77.7 cm³/mol. The first-order chi connectivity index (χ1) is 8.72. The van der Waals surface area contributed by atoms with Gasteiger partial charge in [-0.05, 0) is 44.8 Å². The molecule has 1 aromatic carbocycles. The highest BCUT2D eigenvalue weighted by Gasteiger charge is 2.29. The van der Waals surface area contributed by atoms with Crippen molar-refractivity contribution in [3.63, 3.8) is 0 Å². The summed E-state index contributed by atoms with van der Waals surface area (Å²) in [6, 6.07) is 12.0. The molecule has 0 radical (unpaired) electrons. The summed E-state index contributed by atoms with van der Waals surface area (Å²) in [5, 5.41) is 3.56. The SMILES string of the molecule is CCN[C@@H](C)[C@@H]1CCN([C@H](C)c2ccccc2)C1. The quantitative estimate of drug-likeness (QED) is 0.859. The fraction of sp³-hybridized carbons (Fsp3) is 0.625. The first-order valence-corrected chi connectivity index (χ1v) is 7.24. The van der Waals surface area contributed by atoms with Gasteiger partial charge in [0, 0.05) is 18.6 Å². The lowest BCUT2D eigenvalue weighted by Crippen LogP contribution is -2.35. The van der Waals surface area contributed by atoms with Crippen molar-refractivity contribution in [3.05, 3.63) is 35.9 Å². The molecule has 0 amide bonds. The molecule has 1 heterocycles. The van der Waals surface area contributed by atoms with E-state index in [0.29, 0.717) is 12.1 Å². The van der Waals surface area contributed by atoms with Crippen molar-refractivity contribution in [2.45, 2.75) is 39.3 Å². The van der Waals surface area contributed by atoms with Crippen LogP contribution in [0.15, 0.2) is 30.3 Å². The molecule has 2 heteroatoms. The molecule has 0 unspecified atom stereocenters. The van der Waals surface area contributed by atoms with Crippen LogP contribution < -0.4 is 5.32 Å². The molecule has 1 N–H and O–H groups in total. The van der Waals surface area contributed by atoms with E-state index in [4.69, 9.17) is 0 Å². The molecule has 0 aromatic heterocycles. The summed E-state index contributed by atoms with van der Waals surface area (Å²) in [7, 11) is 0. The number of rotatable bonds is 5. The van der Waals surface area contributed by atoms with Crippen LogP contribution in [0.5, 0.6) is 0 Å². The van der Waals surface area contributed by atoms with Crippen molar-refractivity contribution in [1.82, 2.24) is 10.2 Å². The van der Waals surface area contributed by atoms with Crippen molar-refractivity contribution in [2.24, 2.45) is 5.92 Å². The third-order valence-electron chi connectivity index (χ3n) is 4.32. The van der Waals surface area contributed by atoms with Crippen LogP contribution in [-0.4, -0.2) is 30.6 Å². The van der Waals surface area contributed by atoms with Gasteiger partial charge in [0.2, 0.25) is 0 Å². The first-order valence-electron chi connectivity index (χ1n) is 7.24. The van der Waals surface area contributed by atoms with Gasteiger partial charge in [0.05, 0.1) is 0 Å². The molecule has 0 bridgehead atoms. The van der Waals surface area contributed by atoms with Crippen molar-refractivity contribution in [2.75, 3.05) is 19.6 Å². The molecule has 100 valence electrons. The minimum atomic E-state index is 0.546. The molecule has 2 rings (SSSR count). The average molecular weight is 246 g/mol. The van der Waals surface area contributed by atoms with Gasteiger partial charge in [-0.15, -0.1) is 0 Å². The Morgan fingerprint density at radius 1 is 1.28 bits per heavy atom. The molecular weight excluding hydrogens is 220 g/mol. The highest BCUT2D eigenvalue weighted by molar-refractivity contribution is 5.18. The smallest absolute Gasteiger partial charge is 0.0320 e. The van der Waals surface area contributed by atoms with Gasteiger partial charge >= 0.3 is 0 Å². The van der Waals surface area contributed by atoms with E-state index in [1.807, 2.05) is 0 Å². The Kier molecular flexibility index (Phi) is 4.79. The van der Waals surface area contributed by atoms with Gasteiger partial charge in [0.25, 0.3) is 0 Å². The van der Waals surface area contributed by atoms with Crippen molar-refractivity contribution in [3.8, 4) is 0 Å². The third-order valence-corrected chi connectivity index (χ3v) is 4.32. The van der Waals surface area contributed by atoms with Gasteiger partial charge in [-0.25, -0.2) is 0 Å². The van der Waals surface area contributed by atoms with Crippen LogP contribution in [-0.2, 0) is 0 Å². The highest BCUT2D eigenvalue weighted by atomic mass is 15.2. The van der Waals surface area contributed by atoms with E-state index >= 15 is 0 Å². The second-order valence-electron chi connectivity index (χ2n) is 5.48. The molecule has 0 spiro atoms. The van der Waals surface area contributed by atoms with Gasteiger partial charge in [-0.2, -0.15) is 0 Å². The van der Waals surface area contributed by atoms with Gasteiger partial charge in [-0.1, -0.05) is 37.3 Å². The molecule has 0 saturated carbocycles. The summed E-state index contributed by atoms with van der Waals surface area (Å²) < 4.78 is 0. The van der Waals surface area contributed by atoms with Crippen molar-refractivity contribution < 1.29 is 0 Å². The Labute approximate surface area is 111 Å². The maximum atomic E-state index is 3.56. The van der Waals surface area contributed by atoms with Crippen LogP contribution in [0, 0.1) is 5.92 Å². The molecule has 1 aliphatic heterocycles. The second kappa shape index (κ2) is 6.35. The average Bonchev–Trinajstić information content (AvgIpc) is 2.89. The molecule has 18 heavy (non-hydrogen) atoms. The van der Waals surface area contributed by atoms with Crippen LogP contribution in [0.3, 0.4) is 0 Å². The number of nitrogens with one attached hydrogen (secondary N) is 1. The van der Waals surface area contributed by atoms with Crippen LogP contribution in [0.25, 0.3) is 0 Å². The summed E-state index contributed by atoms with van der Waals surface area (Å²) in [6.07, 6.45) is 1.32. The third kappa shape index (κ3) is 3.12. The molecule has 0 aliphatic carbocycles. The maximum Gasteiger partial charge on any atom is 0.0320 e. The Balaban J connectivity index is 1.92. The number of benzene rings is 1. The van der Waals surface area contributed by atoms with E-state index < -0.39 is 0 Å². The normalized spacial score (nSPS) is 24.1. The van der Waals surface area contributed by atoms with E-state index in [9.17, 15) is 0 Å². The van der Waals surface area contributed by atoms with E-state index in [0.717, 1.165) is 12.5 Å². The van der Waals surface area contributed by atoms with E-state index in [1.165, 1.54) is 25.1 Å². The van der Waals surface area contributed by atoms with E-state index in [1.54, 1.807) is 0 Å². The Hall–Kier alpha value is -0.860. The Bertz CT molecular complexity index is 349. The summed E-state index contributed by atoms with van der Waals surface area (Å²) in [5.41, 5.74) is 1.44. The molecule has 1 aliphatic rings. The number of likely N-dealkylation sites (tertiary alicyclic amines) is 1. The monoisotopic (exact) mass is 246 g/mol. The Morgan fingerprint density at radius 2 is 2.00 bits per heavy atom. The lowest BCUT2D eigenvalue weighted by Gasteiger charge is -2.26. The van der Waals surface area contributed by atoms with Gasteiger partial charge in [0.15, 0.2) is 0 Å². The first kappa shape index (κ1) is 13.6. The second-order valence-corrected chi connectivity index (χ2v) is 5.48. The van der Waals surface area contributed by atoms with Crippen LogP contribution in [0.1, 0.15) is 38.8 Å². The zero-order valence-corrected chi connectivity index (χ0v) is 11.9. The zero-order valence-electron chi connectivity index (χ0n) is 11.9. The minimum Gasteiger partial charge on any atom is -0.314 e. The highest BCUT2D eigenvalue weighted by Crippen LogP contribution is 2.28. The topological polar surface area (TPSA) is 15.3 Å². The summed E-state index contributed by atoms with van der Waals surface area (Å²) >= 11 is 0. The molecule has 3 atom stereocenters. The molecule has 1 aromatic rings. The minimum absolute atomic E-state index is 0.546. The molecular formula is C16H26N2. The van der Waals surface area contributed by atoms with Crippen LogP contribution >= 0.6 is 0 Å². The van der Waals surface area contributed by atoms with Crippen LogP contribution in [0.4, 0.5) is 0 Å². The molecule has 1 fully saturated rings. The van der Waals surface area contributed by atoms with Gasteiger partial charge in [0.1, 0.15) is 0 Å². The maximum absolute atomic E-state index is 3.56. The number of hydrogen-bond donors (Lipinski definition) is 1. The van der Waals surface area contributed by atoms with Gasteiger partial charge in [-0.3, -0.25) is 4.90 Å². The molecule has 2 nitrogen and oxygen atoms in total. The zero-order chi connectivity index (χ0) is 13.0. The number of hydrogen-bond acceptors (Lipinski definition) is 2. The predicted octanol–water partition coefficient (Wildman–Crippen LogP) is 3.07. The fourth-order valence-electron chi connectivity index (χ4n) is 3.01. The fourth-order valence-corrected chi connectivity index (χ4v) is 3.01. The summed E-state index contributed by atoms with van der Waals surface area (Å²) in [4.78, 5) is 2.62. The number of nitrogens with zero attached hydrogens (tertiary/aromatic N) is 1. The summed E-state index contributed by atoms with van der Waals surface area (Å²) in [6.45, 7) is 10.4. The van der Waals surface area contributed by atoms with Gasteiger partial charge < -0.3 is 5.32 Å². The summed E-state index contributed by atoms with van der Waals surface area (Å²) in [5.74, 6) is 0.802. The standard InChI is InChI=1S/C16H26N2/c1-4-17-13(2)16-10-11-18(12-16)14(3)15-8-6-5-7-9-15/h5-9,13-14,16-17H,4,10-12H2,1-3H3/t13-,14+,16+/m0/s1. The lowest BCUT2D eigenvalue weighted by atomic mass is 10.0. The van der Waals surface area contributed by atoms with Crippen LogP contribution in [0.2, 0.25) is 0 Å². The molecule has 1 saturated heterocycles. The van der Waals surface area contributed by atoms with Crippen molar-refractivity contribution >= 4 is 0 Å². The largest absolute Gasteiger partial charge is 0.314 e.